The molecule has 0 bridgehead atoms. The first-order chi connectivity index (χ1) is 15.6. The molecule has 1 aliphatic heterocycles. The standard InChI is InChI=1S/C21H21Cl2N7O2/c22-15-4-3-12(6-16(15)23)7-25-21-28-17-9-26-30(18(17)19(31)29-21)10-14-11-32-20(27-14)13-2-1-5-24-8-13/h3-4,6,9,11,13,24H,1-2,5,7-8,10H2,(H2,25,28,29,31). The topological polar surface area (TPSA) is 114 Å². The number of aromatic nitrogens is 5. The summed E-state index contributed by atoms with van der Waals surface area (Å²) in [6.45, 7) is 2.65. The minimum atomic E-state index is -0.288. The van der Waals surface area contributed by atoms with Crippen LogP contribution in [0.1, 0.15) is 35.9 Å². The first-order valence-electron chi connectivity index (χ1n) is 10.4. The van der Waals surface area contributed by atoms with Gasteiger partial charge in [0.15, 0.2) is 11.4 Å². The number of anilines is 1. The predicted molar refractivity (Wildman–Crippen MR) is 122 cm³/mol. The van der Waals surface area contributed by atoms with E-state index in [4.69, 9.17) is 27.6 Å². The van der Waals surface area contributed by atoms with Crippen LogP contribution in [-0.2, 0) is 13.1 Å². The summed E-state index contributed by atoms with van der Waals surface area (Å²) in [5, 5.41) is 11.8. The Morgan fingerprint density at radius 1 is 1.25 bits per heavy atom. The minimum absolute atomic E-state index is 0.279. The Labute approximate surface area is 193 Å². The van der Waals surface area contributed by atoms with Crippen molar-refractivity contribution in [2.75, 3.05) is 18.4 Å². The van der Waals surface area contributed by atoms with Crippen LogP contribution in [0, 0.1) is 0 Å². The number of benzene rings is 1. The van der Waals surface area contributed by atoms with Crippen molar-refractivity contribution in [3.05, 3.63) is 68.2 Å². The van der Waals surface area contributed by atoms with Gasteiger partial charge in [-0.05, 0) is 37.1 Å². The molecule has 1 atom stereocenters. The van der Waals surface area contributed by atoms with E-state index in [9.17, 15) is 4.79 Å². The molecular weight excluding hydrogens is 453 g/mol. The summed E-state index contributed by atoms with van der Waals surface area (Å²) in [5.41, 5.74) is 2.22. The summed E-state index contributed by atoms with van der Waals surface area (Å²) in [5.74, 6) is 1.35. The van der Waals surface area contributed by atoms with Gasteiger partial charge in [0.25, 0.3) is 5.56 Å². The lowest BCUT2D eigenvalue weighted by Crippen LogP contribution is -2.28. The van der Waals surface area contributed by atoms with Crippen LogP contribution in [0.25, 0.3) is 11.0 Å². The number of aromatic amines is 1. The third kappa shape index (κ3) is 4.36. The molecule has 1 saturated heterocycles. The van der Waals surface area contributed by atoms with Gasteiger partial charge in [-0.1, -0.05) is 29.3 Å². The van der Waals surface area contributed by atoms with Gasteiger partial charge in [0.05, 0.1) is 22.8 Å². The number of nitrogens with zero attached hydrogens (tertiary/aromatic N) is 4. The zero-order valence-corrected chi connectivity index (χ0v) is 18.6. The maximum absolute atomic E-state index is 12.7. The molecule has 3 aromatic heterocycles. The van der Waals surface area contributed by atoms with Crippen LogP contribution < -0.4 is 16.2 Å². The summed E-state index contributed by atoms with van der Waals surface area (Å²) < 4.78 is 7.27. The molecule has 0 radical (unpaired) electrons. The number of oxazole rings is 1. The Balaban J connectivity index is 1.32. The summed E-state index contributed by atoms with van der Waals surface area (Å²) in [4.78, 5) is 24.6. The number of H-pyrrole nitrogens is 1. The van der Waals surface area contributed by atoms with Crippen molar-refractivity contribution >= 4 is 40.2 Å². The minimum Gasteiger partial charge on any atom is -0.448 e. The third-order valence-corrected chi connectivity index (χ3v) is 6.21. The van der Waals surface area contributed by atoms with Crippen molar-refractivity contribution in [1.29, 1.82) is 0 Å². The van der Waals surface area contributed by atoms with Gasteiger partial charge in [-0.3, -0.25) is 14.5 Å². The van der Waals surface area contributed by atoms with Crippen molar-refractivity contribution in [1.82, 2.24) is 30.0 Å². The van der Waals surface area contributed by atoms with E-state index in [-0.39, 0.29) is 11.5 Å². The largest absolute Gasteiger partial charge is 0.448 e. The van der Waals surface area contributed by atoms with E-state index in [1.165, 1.54) is 0 Å². The highest BCUT2D eigenvalue weighted by Crippen LogP contribution is 2.24. The second-order valence-corrected chi connectivity index (χ2v) is 8.59. The van der Waals surface area contributed by atoms with Crippen LogP contribution >= 0.6 is 23.2 Å². The number of halogens is 2. The number of fused-ring (bicyclic) bond motifs is 1. The van der Waals surface area contributed by atoms with Crippen LogP contribution in [0.2, 0.25) is 10.0 Å². The fraction of sp³-hybridized carbons (Fsp3) is 0.333. The molecule has 4 heterocycles. The zero-order chi connectivity index (χ0) is 22.1. The van der Waals surface area contributed by atoms with Crippen molar-refractivity contribution in [3.8, 4) is 0 Å². The van der Waals surface area contributed by atoms with Crippen LogP contribution in [0.4, 0.5) is 5.95 Å². The molecule has 0 spiro atoms. The van der Waals surface area contributed by atoms with Gasteiger partial charge in [-0.15, -0.1) is 0 Å². The lowest BCUT2D eigenvalue weighted by Gasteiger charge is -2.19. The van der Waals surface area contributed by atoms with Crippen LogP contribution in [0.3, 0.4) is 0 Å². The number of nitrogens with one attached hydrogen (secondary N) is 3. The molecule has 0 aliphatic carbocycles. The Bertz CT molecular complexity index is 1310. The van der Waals surface area contributed by atoms with E-state index in [2.05, 4.69) is 30.7 Å². The molecule has 32 heavy (non-hydrogen) atoms. The summed E-state index contributed by atoms with van der Waals surface area (Å²) in [7, 11) is 0. The molecule has 166 valence electrons. The highest BCUT2D eigenvalue weighted by molar-refractivity contribution is 6.42. The van der Waals surface area contributed by atoms with Crippen molar-refractivity contribution in [2.45, 2.75) is 31.8 Å². The molecule has 0 amide bonds. The quantitative estimate of drug-likeness (QED) is 0.392. The predicted octanol–water partition coefficient (Wildman–Crippen LogP) is 3.54. The van der Waals surface area contributed by atoms with Crippen molar-refractivity contribution in [2.24, 2.45) is 0 Å². The van der Waals surface area contributed by atoms with Crippen LogP contribution in [-0.4, -0.2) is 37.8 Å². The molecule has 1 fully saturated rings. The first kappa shape index (κ1) is 21.0. The zero-order valence-electron chi connectivity index (χ0n) is 17.1. The van der Waals surface area contributed by atoms with Crippen molar-refractivity contribution < 1.29 is 4.42 Å². The lowest BCUT2D eigenvalue weighted by atomic mass is 10.00. The summed E-state index contributed by atoms with van der Waals surface area (Å²) in [6.07, 6.45) is 5.36. The molecule has 0 saturated carbocycles. The normalized spacial score (nSPS) is 16.5. The van der Waals surface area contributed by atoms with Gasteiger partial charge in [-0.2, -0.15) is 5.10 Å². The fourth-order valence-corrected chi connectivity index (χ4v) is 4.16. The first-order valence-corrected chi connectivity index (χ1v) is 11.1. The summed E-state index contributed by atoms with van der Waals surface area (Å²) in [6, 6.07) is 5.34. The van der Waals surface area contributed by atoms with Gasteiger partial charge in [0.2, 0.25) is 5.95 Å². The second kappa shape index (κ2) is 8.93. The summed E-state index contributed by atoms with van der Waals surface area (Å²) >= 11 is 12.0. The van der Waals surface area contributed by atoms with Gasteiger partial charge in [0, 0.05) is 19.0 Å². The average Bonchev–Trinajstić information content (AvgIpc) is 3.43. The molecule has 9 nitrogen and oxygen atoms in total. The highest BCUT2D eigenvalue weighted by Gasteiger charge is 2.21. The smallest absolute Gasteiger partial charge is 0.278 e. The Hall–Kier alpha value is -2.88. The third-order valence-electron chi connectivity index (χ3n) is 5.47. The number of hydrogen-bond acceptors (Lipinski definition) is 7. The number of piperidine rings is 1. The number of hydrogen-bond donors (Lipinski definition) is 3. The van der Waals surface area contributed by atoms with E-state index >= 15 is 0 Å². The number of rotatable bonds is 6. The second-order valence-electron chi connectivity index (χ2n) is 7.77. The highest BCUT2D eigenvalue weighted by atomic mass is 35.5. The van der Waals surface area contributed by atoms with Crippen LogP contribution in [0.5, 0.6) is 0 Å². The van der Waals surface area contributed by atoms with Gasteiger partial charge in [0.1, 0.15) is 17.5 Å². The molecule has 1 aliphatic rings. The van der Waals surface area contributed by atoms with Gasteiger partial charge >= 0.3 is 0 Å². The molecule has 1 unspecified atom stereocenters. The van der Waals surface area contributed by atoms with Gasteiger partial charge < -0.3 is 15.1 Å². The van der Waals surface area contributed by atoms with E-state index < -0.39 is 0 Å². The van der Waals surface area contributed by atoms with Gasteiger partial charge in [-0.25, -0.2) is 9.97 Å². The monoisotopic (exact) mass is 473 g/mol. The maximum atomic E-state index is 12.7. The molecule has 5 rings (SSSR count). The Morgan fingerprint density at radius 3 is 2.97 bits per heavy atom. The van der Waals surface area contributed by atoms with E-state index in [1.54, 1.807) is 29.3 Å². The SMILES string of the molecule is O=c1[nH]c(NCc2ccc(Cl)c(Cl)c2)nc2cnn(Cc3coc(C4CCCNC4)n3)c12. The molecule has 4 aromatic rings. The fourth-order valence-electron chi connectivity index (χ4n) is 3.84. The van der Waals surface area contributed by atoms with E-state index in [0.717, 1.165) is 43.1 Å². The Kier molecular flexibility index (Phi) is 5.86. The molecule has 3 N–H and O–H groups in total. The average molecular weight is 474 g/mol. The van der Waals surface area contributed by atoms with Crippen molar-refractivity contribution in [3.63, 3.8) is 0 Å². The van der Waals surface area contributed by atoms with Crippen LogP contribution in [0.15, 0.2) is 39.9 Å². The molecule has 1 aromatic carbocycles. The lowest BCUT2D eigenvalue weighted by molar-refractivity contribution is 0.376. The van der Waals surface area contributed by atoms with E-state index in [1.807, 2.05) is 6.07 Å². The molecular formula is C21H21Cl2N7O2. The molecule has 11 heteroatoms. The van der Waals surface area contributed by atoms with E-state index in [0.29, 0.717) is 40.1 Å². The Morgan fingerprint density at radius 2 is 2.16 bits per heavy atom. The maximum Gasteiger partial charge on any atom is 0.278 e.